The first-order chi connectivity index (χ1) is 7.56. The van der Waals surface area contributed by atoms with E-state index in [1.165, 1.54) is 10.9 Å². The monoisotopic (exact) mass is 259 g/mol. The van der Waals surface area contributed by atoms with Crippen LogP contribution in [0.5, 0.6) is 0 Å². The van der Waals surface area contributed by atoms with Gasteiger partial charge in [-0.15, -0.1) is 0 Å². The summed E-state index contributed by atoms with van der Waals surface area (Å²) in [5, 5.41) is 11.2. The standard InChI is InChI=1S/C9H17N5O2S/c1-9(2,3)17(15,16)13-8-6(7(10)11)5-12-14(8)4/h5,13H,1-4H3,(H3,10,11). The SMILES string of the molecule is Cn1ncc(C(=N)N)c1NS(=O)(=O)C(C)(C)C. The van der Waals surface area contributed by atoms with E-state index in [9.17, 15) is 8.42 Å². The number of amidine groups is 1. The minimum absolute atomic E-state index is 0.201. The van der Waals surface area contributed by atoms with Crippen LogP contribution in [-0.4, -0.2) is 28.8 Å². The topological polar surface area (TPSA) is 114 Å². The number of sulfonamides is 1. The molecule has 0 unspecified atom stereocenters. The lowest BCUT2D eigenvalue weighted by molar-refractivity contribution is 0.565. The van der Waals surface area contributed by atoms with Crippen molar-refractivity contribution in [2.24, 2.45) is 12.8 Å². The zero-order valence-corrected chi connectivity index (χ0v) is 11.1. The number of rotatable bonds is 3. The number of hydrogen-bond donors (Lipinski definition) is 3. The van der Waals surface area contributed by atoms with Gasteiger partial charge < -0.3 is 5.73 Å². The molecule has 8 heteroatoms. The molecule has 1 heterocycles. The van der Waals surface area contributed by atoms with Crippen LogP contribution in [0, 0.1) is 5.41 Å². The Morgan fingerprint density at radius 1 is 1.53 bits per heavy atom. The van der Waals surface area contributed by atoms with Crippen molar-refractivity contribution in [2.75, 3.05) is 4.72 Å². The van der Waals surface area contributed by atoms with Crippen LogP contribution in [-0.2, 0) is 17.1 Å². The molecule has 96 valence electrons. The first-order valence-corrected chi connectivity index (χ1v) is 6.43. The third kappa shape index (κ3) is 2.57. The Bertz CT molecular complexity index is 538. The van der Waals surface area contributed by atoms with Gasteiger partial charge in [-0.25, -0.2) is 8.42 Å². The molecule has 0 aliphatic heterocycles. The third-order valence-corrected chi connectivity index (χ3v) is 4.34. The van der Waals surface area contributed by atoms with E-state index < -0.39 is 14.8 Å². The average molecular weight is 259 g/mol. The van der Waals surface area contributed by atoms with E-state index in [4.69, 9.17) is 11.1 Å². The van der Waals surface area contributed by atoms with E-state index in [0.717, 1.165) is 0 Å². The van der Waals surface area contributed by atoms with Gasteiger partial charge in [0.1, 0.15) is 11.7 Å². The van der Waals surface area contributed by atoms with Crippen molar-refractivity contribution in [1.82, 2.24) is 9.78 Å². The molecule has 0 bridgehead atoms. The second-order valence-electron chi connectivity index (χ2n) is 4.66. The normalized spacial score (nSPS) is 12.5. The van der Waals surface area contributed by atoms with Gasteiger partial charge >= 0.3 is 0 Å². The molecule has 0 aromatic carbocycles. The Morgan fingerprint density at radius 2 is 2.06 bits per heavy atom. The molecule has 0 spiro atoms. The van der Waals surface area contributed by atoms with Crippen molar-refractivity contribution >= 4 is 21.7 Å². The van der Waals surface area contributed by atoms with Crippen molar-refractivity contribution in [3.05, 3.63) is 11.8 Å². The maximum absolute atomic E-state index is 12.0. The number of nitrogens with zero attached hydrogens (tertiary/aromatic N) is 2. The first kappa shape index (κ1) is 13.5. The number of nitrogens with one attached hydrogen (secondary N) is 2. The molecule has 0 atom stereocenters. The van der Waals surface area contributed by atoms with E-state index in [1.54, 1.807) is 27.8 Å². The molecule has 7 nitrogen and oxygen atoms in total. The van der Waals surface area contributed by atoms with Crippen molar-refractivity contribution in [3.8, 4) is 0 Å². The molecule has 1 aromatic heterocycles. The number of hydrogen-bond acceptors (Lipinski definition) is 4. The molecule has 0 saturated heterocycles. The number of nitrogens with two attached hydrogens (primary N) is 1. The Morgan fingerprint density at radius 3 is 2.47 bits per heavy atom. The van der Waals surface area contributed by atoms with Crippen molar-refractivity contribution < 1.29 is 8.42 Å². The third-order valence-electron chi connectivity index (χ3n) is 2.27. The summed E-state index contributed by atoms with van der Waals surface area (Å²) in [5.41, 5.74) is 5.62. The van der Waals surface area contributed by atoms with E-state index >= 15 is 0 Å². The fourth-order valence-electron chi connectivity index (χ4n) is 1.04. The van der Waals surface area contributed by atoms with Crippen LogP contribution in [0.3, 0.4) is 0 Å². The highest BCUT2D eigenvalue weighted by atomic mass is 32.2. The van der Waals surface area contributed by atoms with Crippen LogP contribution < -0.4 is 10.5 Å². The van der Waals surface area contributed by atoms with Crippen LogP contribution in [0.2, 0.25) is 0 Å². The van der Waals surface area contributed by atoms with Gasteiger partial charge in [-0.05, 0) is 20.8 Å². The maximum Gasteiger partial charge on any atom is 0.238 e. The Balaban J connectivity index is 3.21. The number of nitrogen functional groups attached to an aromatic ring is 1. The van der Waals surface area contributed by atoms with E-state index in [1.807, 2.05) is 0 Å². The van der Waals surface area contributed by atoms with Crippen molar-refractivity contribution in [3.63, 3.8) is 0 Å². The van der Waals surface area contributed by atoms with Crippen LogP contribution >= 0.6 is 0 Å². The molecule has 0 radical (unpaired) electrons. The van der Waals surface area contributed by atoms with Gasteiger partial charge in [0.25, 0.3) is 0 Å². The summed E-state index contributed by atoms with van der Waals surface area (Å²) in [6, 6.07) is 0. The average Bonchev–Trinajstić information content (AvgIpc) is 2.45. The molecule has 0 fully saturated rings. The Hall–Kier alpha value is -1.57. The fourth-order valence-corrected chi connectivity index (χ4v) is 1.84. The summed E-state index contributed by atoms with van der Waals surface area (Å²) in [5.74, 6) is -0.0304. The van der Waals surface area contributed by atoms with Crippen LogP contribution in [0.25, 0.3) is 0 Å². The number of aromatic nitrogens is 2. The first-order valence-electron chi connectivity index (χ1n) is 4.95. The van der Waals surface area contributed by atoms with Gasteiger partial charge in [0, 0.05) is 7.05 Å². The van der Waals surface area contributed by atoms with Gasteiger partial charge in [0.2, 0.25) is 10.0 Å². The molecule has 4 N–H and O–H groups in total. The molecule has 0 saturated carbocycles. The second kappa shape index (κ2) is 4.02. The molecule has 0 amide bonds. The lowest BCUT2D eigenvalue weighted by Gasteiger charge is -2.20. The summed E-state index contributed by atoms with van der Waals surface area (Å²) in [6.45, 7) is 4.75. The summed E-state index contributed by atoms with van der Waals surface area (Å²) < 4.78 is 26.8. The summed E-state index contributed by atoms with van der Waals surface area (Å²) in [4.78, 5) is 0. The maximum atomic E-state index is 12.0. The van der Waals surface area contributed by atoms with Crippen molar-refractivity contribution in [2.45, 2.75) is 25.5 Å². The molecule has 1 aromatic rings. The number of anilines is 1. The number of aryl methyl sites for hydroxylation is 1. The summed E-state index contributed by atoms with van der Waals surface area (Å²) in [7, 11) is -1.99. The Kier molecular flexibility index (Phi) is 3.19. The highest BCUT2D eigenvalue weighted by Crippen LogP contribution is 2.21. The fraction of sp³-hybridized carbons (Fsp3) is 0.556. The van der Waals surface area contributed by atoms with Crippen LogP contribution in [0.1, 0.15) is 26.3 Å². The van der Waals surface area contributed by atoms with Gasteiger partial charge in [0.05, 0.1) is 16.5 Å². The molecule has 0 aliphatic rings. The Labute approximate surface area is 101 Å². The van der Waals surface area contributed by atoms with Crippen LogP contribution in [0.15, 0.2) is 6.20 Å². The minimum atomic E-state index is -3.56. The zero-order chi connectivity index (χ0) is 13.4. The van der Waals surface area contributed by atoms with E-state index in [-0.39, 0.29) is 17.2 Å². The van der Waals surface area contributed by atoms with Gasteiger partial charge in [-0.1, -0.05) is 0 Å². The molecule has 0 aliphatic carbocycles. The van der Waals surface area contributed by atoms with Crippen LogP contribution in [0.4, 0.5) is 5.82 Å². The predicted octanol–water partition coefficient (Wildman–Crippen LogP) is 0.244. The predicted molar refractivity (Wildman–Crippen MR) is 66.5 cm³/mol. The van der Waals surface area contributed by atoms with Gasteiger partial charge in [-0.3, -0.25) is 14.8 Å². The lowest BCUT2D eigenvalue weighted by Crippen LogP contribution is -2.35. The highest BCUT2D eigenvalue weighted by molar-refractivity contribution is 7.94. The van der Waals surface area contributed by atoms with Crippen molar-refractivity contribution in [1.29, 1.82) is 5.41 Å². The molecule has 17 heavy (non-hydrogen) atoms. The highest BCUT2D eigenvalue weighted by Gasteiger charge is 2.30. The van der Waals surface area contributed by atoms with E-state index in [2.05, 4.69) is 9.82 Å². The van der Waals surface area contributed by atoms with Gasteiger partial charge in [-0.2, -0.15) is 5.10 Å². The van der Waals surface area contributed by atoms with E-state index in [0.29, 0.717) is 0 Å². The minimum Gasteiger partial charge on any atom is -0.384 e. The smallest absolute Gasteiger partial charge is 0.238 e. The molecular formula is C9H17N5O2S. The lowest BCUT2D eigenvalue weighted by atomic mass is 10.3. The zero-order valence-electron chi connectivity index (χ0n) is 10.3. The largest absolute Gasteiger partial charge is 0.384 e. The summed E-state index contributed by atoms with van der Waals surface area (Å²) >= 11 is 0. The second-order valence-corrected chi connectivity index (χ2v) is 7.10. The quantitative estimate of drug-likeness (QED) is 0.533. The molecular weight excluding hydrogens is 242 g/mol. The summed E-state index contributed by atoms with van der Waals surface area (Å²) in [6.07, 6.45) is 1.35. The molecule has 1 rings (SSSR count). The van der Waals surface area contributed by atoms with Gasteiger partial charge in [0.15, 0.2) is 0 Å².